The Morgan fingerprint density at radius 1 is 1.62 bits per heavy atom. The Morgan fingerprint density at radius 3 is 2.08 bits per heavy atom. The fourth-order valence-electron chi connectivity index (χ4n) is 0.121. The van der Waals surface area contributed by atoms with Crippen LogP contribution in [-0.2, 0) is 18.9 Å². The van der Waals surface area contributed by atoms with Crippen LogP contribution in [0.1, 0.15) is 6.92 Å². The van der Waals surface area contributed by atoms with Crippen LogP contribution in [0.3, 0.4) is 0 Å². The molecule has 0 aromatic carbocycles. The highest BCUT2D eigenvalue weighted by atomic mass is 31.2. The van der Waals surface area contributed by atoms with Gasteiger partial charge in [-0.25, -0.2) is 14.2 Å². The SMILES string of the molecule is C=CC(=O)O.CCOOP(=O)(O)O. The van der Waals surface area contributed by atoms with E-state index in [1.54, 1.807) is 6.92 Å². The Hall–Kier alpha value is -0.720. The molecule has 0 atom stereocenters. The minimum Gasteiger partial charge on any atom is -0.478 e. The van der Waals surface area contributed by atoms with Crippen molar-refractivity contribution in [1.29, 1.82) is 0 Å². The third-order valence-corrected chi connectivity index (χ3v) is 0.742. The predicted molar refractivity (Wildman–Crippen MR) is 42.6 cm³/mol. The Labute approximate surface area is 74.8 Å². The lowest BCUT2D eigenvalue weighted by Gasteiger charge is -1.99. The molecular weight excluding hydrogens is 203 g/mol. The molecule has 13 heavy (non-hydrogen) atoms. The Bertz CT molecular complexity index is 195. The van der Waals surface area contributed by atoms with Gasteiger partial charge in [0.25, 0.3) is 0 Å². The van der Waals surface area contributed by atoms with Crippen molar-refractivity contribution < 1.29 is 33.8 Å². The summed E-state index contributed by atoms with van der Waals surface area (Å²) in [6.07, 6.45) is 0.833. The molecule has 0 spiro atoms. The van der Waals surface area contributed by atoms with Crippen molar-refractivity contribution in [2.45, 2.75) is 6.92 Å². The summed E-state index contributed by atoms with van der Waals surface area (Å²) in [5, 5.41) is 7.60. The first-order valence-corrected chi connectivity index (χ1v) is 4.58. The second-order valence-corrected chi connectivity index (χ2v) is 2.64. The normalized spacial score (nSPS) is 9.77. The van der Waals surface area contributed by atoms with Gasteiger partial charge in [-0.3, -0.25) is 0 Å². The second-order valence-electron chi connectivity index (χ2n) is 1.51. The lowest BCUT2D eigenvalue weighted by atomic mass is 10.7. The largest absolute Gasteiger partial charge is 0.496 e. The number of carbonyl (C=O) groups is 1. The van der Waals surface area contributed by atoms with E-state index in [2.05, 4.69) is 16.1 Å². The summed E-state index contributed by atoms with van der Waals surface area (Å²) in [4.78, 5) is 29.0. The number of phosphoric acid groups is 1. The minimum absolute atomic E-state index is 0.116. The van der Waals surface area contributed by atoms with Gasteiger partial charge >= 0.3 is 13.8 Å². The summed E-state index contributed by atoms with van der Waals surface area (Å²) < 4.78 is 13.3. The van der Waals surface area contributed by atoms with Gasteiger partial charge < -0.3 is 14.9 Å². The van der Waals surface area contributed by atoms with Gasteiger partial charge in [0.05, 0.1) is 6.61 Å². The van der Waals surface area contributed by atoms with E-state index in [1.165, 1.54) is 0 Å². The summed E-state index contributed by atoms with van der Waals surface area (Å²) >= 11 is 0. The summed E-state index contributed by atoms with van der Waals surface area (Å²) in [5.41, 5.74) is 0. The first-order chi connectivity index (χ1) is 5.83. The smallest absolute Gasteiger partial charge is 0.478 e. The number of hydrogen-bond acceptors (Lipinski definition) is 4. The van der Waals surface area contributed by atoms with Gasteiger partial charge in [-0.15, -0.1) is 4.67 Å². The Kier molecular flexibility index (Phi) is 8.99. The average Bonchev–Trinajstić information content (AvgIpc) is 2.00. The fourth-order valence-corrected chi connectivity index (χ4v) is 0.364. The zero-order valence-electron chi connectivity index (χ0n) is 6.91. The Morgan fingerprint density at radius 2 is 2.00 bits per heavy atom. The molecule has 0 aliphatic heterocycles. The molecule has 8 heteroatoms. The standard InChI is InChI=1S/C3H4O2.C2H7O5P/c1-2-3(4)5;1-2-6-7-8(3,4)5/h2H,1H2,(H,4,5);2H2,1H3,(H2,3,4,5). The van der Waals surface area contributed by atoms with E-state index in [0.717, 1.165) is 6.08 Å². The van der Waals surface area contributed by atoms with Gasteiger partial charge in [0.2, 0.25) is 0 Å². The lowest BCUT2D eigenvalue weighted by molar-refractivity contribution is -0.217. The predicted octanol–water partition coefficient (Wildman–Crippen LogP) is 0.304. The van der Waals surface area contributed by atoms with Gasteiger partial charge in [0, 0.05) is 6.08 Å². The zero-order valence-corrected chi connectivity index (χ0v) is 7.81. The monoisotopic (exact) mass is 214 g/mol. The molecule has 0 fully saturated rings. The van der Waals surface area contributed by atoms with Gasteiger partial charge in [0.1, 0.15) is 0 Å². The lowest BCUT2D eigenvalue weighted by Crippen LogP contribution is -1.89. The quantitative estimate of drug-likeness (QED) is 0.267. The van der Waals surface area contributed by atoms with Crippen molar-refractivity contribution in [3.8, 4) is 0 Å². The number of aliphatic carboxylic acids is 1. The van der Waals surface area contributed by atoms with Crippen LogP contribution >= 0.6 is 7.82 Å². The minimum atomic E-state index is -4.40. The molecule has 3 N–H and O–H groups in total. The highest BCUT2D eigenvalue weighted by Crippen LogP contribution is 2.35. The van der Waals surface area contributed by atoms with Crippen molar-refractivity contribution in [3.05, 3.63) is 12.7 Å². The summed E-state index contributed by atoms with van der Waals surface area (Å²) in [7, 11) is -4.40. The molecule has 0 saturated heterocycles. The molecular formula is C5H11O7P. The van der Waals surface area contributed by atoms with Crippen LogP contribution in [0.2, 0.25) is 0 Å². The van der Waals surface area contributed by atoms with Crippen molar-refractivity contribution in [1.82, 2.24) is 0 Å². The van der Waals surface area contributed by atoms with E-state index >= 15 is 0 Å². The van der Waals surface area contributed by atoms with Crippen molar-refractivity contribution >= 4 is 13.8 Å². The van der Waals surface area contributed by atoms with Crippen LogP contribution in [0.25, 0.3) is 0 Å². The number of rotatable bonds is 4. The third kappa shape index (κ3) is 24.6. The second kappa shape index (κ2) is 7.90. The molecule has 0 amide bonds. The zero-order chi connectivity index (χ0) is 10.9. The maximum absolute atomic E-state index is 9.74. The molecule has 0 aromatic rings. The van der Waals surface area contributed by atoms with Gasteiger partial charge in [-0.2, -0.15) is 0 Å². The number of carboxylic acid groups (broad SMARTS) is 1. The van der Waals surface area contributed by atoms with Crippen LogP contribution in [0.15, 0.2) is 12.7 Å². The fraction of sp³-hybridized carbons (Fsp3) is 0.400. The van der Waals surface area contributed by atoms with E-state index in [0.29, 0.717) is 0 Å². The molecule has 0 rings (SSSR count). The highest BCUT2D eigenvalue weighted by molar-refractivity contribution is 7.46. The topological polar surface area (TPSA) is 113 Å². The van der Waals surface area contributed by atoms with E-state index < -0.39 is 13.8 Å². The molecule has 0 heterocycles. The third-order valence-electron chi connectivity index (χ3n) is 0.442. The van der Waals surface area contributed by atoms with E-state index in [9.17, 15) is 9.36 Å². The van der Waals surface area contributed by atoms with Crippen LogP contribution < -0.4 is 0 Å². The molecule has 0 aromatic heterocycles. The van der Waals surface area contributed by atoms with Crippen LogP contribution in [0.4, 0.5) is 0 Å². The van der Waals surface area contributed by atoms with Crippen molar-refractivity contribution in [2.24, 2.45) is 0 Å². The molecule has 0 radical (unpaired) electrons. The van der Waals surface area contributed by atoms with E-state index in [-0.39, 0.29) is 6.61 Å². The average molecular weight is 214 g/mol. The molecule has 0 bridgehead atoms. The van der Waals surface area contributed by atoms with E-state index in [4.69, 9.17) is 14.9 Å². The van der Waals surface area contributed by atoms with Crippen LogP contribution in [-0.4, -0.2) is 27.5 Å². The van der Waals surface area contributed by atoms with Gasteiger partial charge in [-0.1, -0.05) is 6.58 Å². The highest BCUT2D eigenvalue weighted by Gasteiger charge is 2.13. The molecule has 0 aliphatic carbocycles. The summed E-state index contributed by atoms with van der Waals surface area (Å²) in [5.74, 6) is -0.981. The first-order valence-electron chi connectivity index (χ1n) is 3.05. The van der Waals surface area contributed by atoms with Crippen molar-refractivity contribution in [3.63, 3.8) is 0 Å². The summed E-state index contributed by atoms with van der Waals surface area (Å²) in [6, 6.07) is 0. The molecule has 0 unspecified atom stereocenters. The van der Waals surface area contributed by atoms with E-state index in [1.807, 2.05) is 0 Å². The molecule has 78 valence electrons. The maximum atomic E-state index is 9.74. The molecule has 7 nitrogen and oxygen atoms in total. The maximum Gasteiger partial charge on any atom is 0.496 e. The Balaban J connectivity index is 0. The molecule has 0 saturated carbocycles. The number of hydrogen-bond donors (Lipinski definition) is 3. The molecule has 0 aliphatic rings. The van der Waals surface area contributed by atoms with Crippen LogP contribution in [0.5, 0.6) is 0 Å². The first kappa shape index (κ1) is 14.8. The summed E-state index contributed by atoms with van der Waals surface area (Å²) in [6.45, 7) is 4.63. The van der Waals surface area contributed by atoms with Gasteiger partial charge in [-0.05, 0) is 6.92 Å². The van der Waals surface area contributed by atoms with Crippen LogP contribution in [0, 0.1) is 0 Å². The number of carboxylic acids is 1. The van der Waals surface area contributed by atoms with Gasteiger partial charge in [0.15, 0.2) is 0 Å². The van der Waals surface area contributed by atoms with Crippen molar-refractivity contribution in [2.75, 3.05) is 6.61 Å².